The summed E-state index contributed by atoms with van der Waals surface area (Å²) in [6.45, 7) is 11.4. The van der Waals surface area contributed by atoms with Gasteiger partial charge in [0, 0.05) is 26.2 Å². The summed E-state index contributed by atoms with van der Waals surface area (Å²) < 4.78 is 5.17. The van der Waals surface area contributed by atoms with Gasteiger partial charge in [-0.3, -0.25) is 0 Å². The summed E-state index contributed by atoms with van der Waals surface area (Å²) in [5.74, 6) is 0. The second-order valence-corrected chi connectivity index (χ2v) is 5.37. The van der Waals surface area contributed by atoms with Crippen molar-refractivity contribution in [1.82, 2.24) is 15.5 Å². The van der Waals surface area contributed by atoms with Crippen LogP contribution in [-0.2, 0) is 4.74 Å². The van der Waals surface area contributed by atoms with Crippen LogP contribution in [0.2, 0.25) is 0 Å². The van der Waals surface area contributed by atoms with Crippen molar-refractivity contribution in [2.24, 2.45) is 0 Å². The van der Waals surface area contributed by atoms with Crippen molar-refractivity contribution < 1.29 is 9.53 Å². The van der Waals surface area contributed by atoms with E-state index in [-0.39, 0.29) is 6.09 Å². The van der Waals surface area contributed by atoms with E-state index < -0.39 is 5.60 Å². The highest BCUT2D eigenvalue weighted by Crippen LogP contribution is 2.06. The Morgan fingerprint density at radius 2 is 2.12 bits per heavy atom. The average molecular weight is 243 g/mol. The maximum Gasteiger partial charge on any atom is 0.407 e. The summed E-state index contributed by atoms with van der Waals surface area (Å²) in [7, 11) is 0. The summed E-state index contributed by atoms with van der Waals surface area (Å²) in [6.07, 6.45) is 0.845. The molecule has 0 bridgehead atoms. The molecule has 1 saturated heterocycles. The van der Waals surface area contributed by atoms with Crippen molar-refractivity contribution in [3.63, 3.8) is 0 Å². The number of nitrogens with one attached hydrogen (secondary N) is 2. The third-order valence-corrected chi connectivity index (χ3v) is 2.53. The quantitative estimate of drug-likeness (QED) is 0.770. The van der Waals surface area contributed by atoms with Gasteiger partial charge in [0.25, 0.3) is 0 Å². The largest absolute Gasteiger partial charge is 0.444 e. The molecule has 0 radical (unpaired) electrons. The molecule has 17 heavy (non-hydrogen) atoms. The summed E-state index contributed by atoms with van der Waals surface area (Å²) in [6, 6.07) is 0. The Morgan fingerprint density at radius 1 is 1.35 bits per heavy atom. The van der Waals surface area contributed by atoms with Crippen LogP contribution in [0.5, 0.6) is 0 Å². The average Bonchev–Trinajstić information content (AvgIpc) is 2.43. The lowest BCUT2D eigenvalue weighted by Gasteiger charge is -2.22. The lowest BCUT2D eigenvalue weighted by Crippen LogP contribution is -2.39. The van der Waals surface area contributed by atoms with E-state index in [1.54, 1.807) is 0 Å². The van der Waals surface area contributed by atoms with Crippen molar-refractivity contribution in [2.75, 3.05) is 39.3 Å². The number of nitrogens with zero attached hydrogens (tertiary/aromatic N) is 1. The van der Waals surface area contributed by atoms with E-state index in [1.165, 1.54) is 6.42 Å². The third-order valence-electron chi connectivity index (χ3n) is 2.53. The number of ether oxygens (including phenoxy) is 1. The molecule has 0 atom stereocenters. The molecule has 1 fully saturated rings. The molecule has 5 nitrogen and oxygen atoms in total. The zero-order valence-corrected chi connectivity index (χ0v) is 11.2. The fourth-order valence-corrected chi connectivity index (χ4v) is 1.76. The van der Waals surface area contributed by atoms with Gasteiger partial charge in [0.2, 0.25) is 0 Å². The molecule has 2 N–H and O–H groups in total. The van der Waals surface area contributed by atoms with E-state index in [4.69, 9.17) is 4.74 Å². The van der Waals surface area contributed by atoms with Crippen LogP contribution in [0.3, 0.4) is 0 Å². The summed E-state index contributed by atoms with van der Waals surface area (Å²) in [4.78, 5) is 13.8. The Labute approximate surface area is 104 Å². The maximum atomic E-state index is 11.4. The van der Waals surface area contributed by atoms with Gasteiger partial charge >= 0.3 is 6.09 Å². The first-order chi connectivity index (χ1) is 7.97. The van der Waals surface area contributed by atoms with Gasteiger partial charge in [0.05, 0.1) is 0 Å². The second-order valence-electron chi connectivity index (χ2n) is 5.37. The molecule has 5 heteroatoms. The van der Waals surface area contributed by atoms with Gasteiger partial charge in [-0.25, -0.2) is 4.79 Å². The molecule has 1 rings (SSSR count). The SMILES string of the molecule is CC(C)(C)OC(=O)NCCN1CCCNCC1. The zero-order chi connectivity index (χ0) is 12.7. The van der Waals surface area contributed by atoms with Crippen molar-refractivity contribution >= 4 is 6.09 Å². The van der Waals surface area contributed by atoms with E-state index in [1.807, 2.05) is 20.8 Å². The number of hydrogen-bond donors (Lipinski definition) is 2. The first-order valence-corrected chi connectivity index (χ1v) is 6.37. The molecular weight excluding hydrogens is 218 g/mol. The first-order valence-electron chi connectivity index (χ1n) is 6.37. The van der Waals surface area contributed by atoms with E-state index >= 15 is 0 Å². The number of amides is 1. The molecule has 1 amide bonds. The van der Waals surface area contributed by atoms with Crippen molar-refractivity contribution in [1.29, 1.82) is 0 Å². The normalized spacial score (nSPS) is 18.5. The molecule has 1 aliphatic heterocycles. The monoisotopic (exact) mass is 243 g/mol. The van der Waals surface area contributed by atoms with Gasteiger partial charge in [0.15, 0.2) is 0 Å². The molecule has 0 aromatic carbocycles. The first kappa shape index (κ1) is 14.3. The molecule has 1 heterocycles. The molecule has 0 aliphatic carbocycles. The van der Waals surface area contributed by atoms with Gasteiger partial charge in [-0.15, -0.1) is 0 Å². The van der Waals surface area contributed by atoms with Crippen molar-refractivity contribution in [3.05, 3.63) is 0 Å². The van der Waals surface area contributed by atoms with Gasteiger partial charge in [0.1, 0.15) is 5.60 Å². The third kappa shape index (κ3) is 7.18. The van der Waals surface area contributed by atoms with Crippen LogP contribution in [0.4, 0.5) is 4.79 Å². The van der Waals surface area contributed by atoms with Gasteiger partial charge < -0.3 is 20.3 Å². The predicted molar refractivity (Wildman–Crippen MR) is 68.2 cm³/mol. The molecule has 100 valence electrons. The van der Waals surface area contributed by atoms with E-state index in [2.05, 4.69) is 15.5 Å². The molecule has 1 aliphatic rings. The fraction of sp³-hybridized carbons (Fsp3) is 0.917. The van der Waals surface area contributed by atoms with Gasteiger partial charge in [-0.1, -0.05) is 0 Å². The van der Waals surface area contributed by atoms with Crippen LogP contribution in [0.1, 0.15) is 27.2 Å². The van der Waals surface area contributed by atoms with Crippen LogP contribution >= 0.6 is 0 Å². The number of carbonyl (C=O) groups is 1. The van der Waals surface area contributed by atoms with E-state index in [9.17, 15) is 4.79 Å². The highest BCUT2D eigenvalue weighted by atomic mass is 16.6. The highest BCUT2D eigenvalue weighted by Gasteiger charge is 2.16. The Bertz CT molecular complexity index is 230. The molecule has 0 spiro atoms. The Morgan fingerprint density at radius 3 is 2.82 bits per heavy atom. The summed E-state index contributed by atoms with van der Waals surface area (Å²) >= 11 is 0. The van der Waals surface area contributed by atoms with Gasteiger partial charge in [-0.2, -0.15) is 0 Å². The van der Waals surface area contributed by atoms with E-state index in [0.717, 1.165) is 32.7 Å². The van der Waals surface area contributed by atoms with Crippen LogP contribution in [0.15, 0.2) is 0 Å². The summed E-state index contributed by atoms with van der Waals surface area (Å²) in [5.41, 5.74) is -0.420. The topological polar surface area (TPSA) is 53.6 Å². The summed E-state index contributed by atoms with van der Waals surface area (Å²) in [5, 5.41) is 6.14. The van der Waals surface area contributed by atoms with Crippen LogP contribution in [-0.4, -0.2) is 55.9 Å². The minimum Gasteiger partial charge on any atom is -0.444 e. The Balaban J connectivity index is 2.12. The minimum atomic E-state index is -0.420. The fourth-order valence-electron chi connectivity index (χ4n) is 1.76. The van der Waals surface area contributed by atoms with Crippen molar-refractivity contribution in [3.8, 4) is 0 Å². The number of alkyl carbamates (subject to hydrolysis) is 1. The zero-order valence-electron chi connectivity index (χ0n) is 11.2. The second kappa shape index (κ2) is 6.81. The minimum absolute atomic E-state index is 0.328. The van der Waals surface area contributed by atoms with Crippen LogP contribution in [0, 0.1) is 0 Å². The lowest BCUT2D eigenvalue weighted by molar-refractivity contribution is 0.0522. The molecule has 0 aromatic rings. The molecule has 0 unspecified atom stereocenters. The standard InChI is InChI=1S/C12H25N3O2/c1-12(2,3)17-11(16)14-7-10-15-8-4-5-13-6-9-15/h13H,4-10H2,1-3H3,(H,14,16). The van der Waals surface area contributed by atoms with Gasteiger partial charge in [-0.05, 0) is 40.3 Å². The van der Waals surface area contributed by atoms with Crippen LogP contribution < -0.4 is 10.6 Å². The Kier molecular flexibility index (Phi) is 5.71. The van der Waals surface area contributed by atoms with Crippen molar-refractivity contribution in [2.45, 2.75) is 32.8 Å². The Hall–Kier alpha value is -0.810. The predicted octanol–water partition coefficient (Wildman–Crippen LogP) is 0.806. The highest BCUT2D eigenvalue weighted by molar-refractivity contribution is 5.67. The molecular formula is C12H25N3O2. The number of hydrogen-bond acceptors (Lipinski definition) is 4. The van der Waals surface area contributed by atoms with Crippen LogP contribution in [0.25, 0.3) is 0 Å². The smallest absolute Gasteiger partial charge is 0.407 e. The van der Waals surface area contributed by atoms with E-state index in [0.29, 0.717) is 6.54 Å². The maximum absolute atomic E-state index is 11.4. The molecule has 0 saturated carbocycles. The lowest BCUT2D eigenvalue weighted by atomic mass is 10.2. The molecule has 0 aromatic heterocycles. The number of rotatable bonds is 3. The number of carbonyl (C=O) groups excluding carboxylic acids is 1.